The average molecular weight is 490 g/mol. The van der Waals surface area contributed by atoms with E-state index in [2.05, 4.69) is 72.8 Å². The summed E-state index contributed by atoms with van der Waals surface area (Å²) in [5, 5.41) is 18.0. The molecule has 0 unspecified atom stereocenters. The van der Waals surface area contributed by atoms with Gasteiger partial charge in [0.15, 0.2) is 0 Å². The second kappa shape index (κ2) is 10.1. The number of nitriles is 1. The van der Waals surface area contributed by atoms with Gasteiger partial charge in [-0.2, -0.15) is 5.26 Å². The molecule has 0 amide bonds. The zero-order valence-electron chi connectivity index (χ0n) is 18.5. The molecule has 168 valence electrons. The maximum atomic E-state index is 11.1. The number of fused-ring (bicyclic) bond motifs is 1. The van der Waals surface area contributed by atoms with Crippen molar-refractivity contribution in [1.29, 1.82) is 5.26 Å². The van der Waals surface area contributed by atoms with E-state index in [1.807, 2.05) is 53.9 Å². The van der Waals surface area contributed by atoms with Gasteiger partial charge in [-0.3, -0.25) is 0 Å². The minimum absolute atomic E-state index is 0.284. The molecule has 1 aliphatic heterocycles. The van der Waals surface area contributed by atoms with Gasteiger partial charge in [0.05, 0.1) is 4.24 Å². The molecule has 0 aromatic heterocycles. The molecule has 0 aliphatic carbocycles. The third kappa shape index (κ3) is 4.95. The van der Waals surface area contributed by atoms with Crippen LogP contribution >= 0.6 is 23.5 Å². The summed E-state index contributed by atoms with van der Waals surface area (Å²) < 4.78 is 1.27. The lowest BCUT2D eigenvalue weighted by Gasteiger charge is -2.13. The van der Waals surface area contributed by atoms with Gasteiger partial charge in [0.1, 0.15) is 11.6 Å². The summed E-state index contributed by atoms with van der Waals surface area (Å²) in [6.07, 6.45) is 1.38. The van der Waals surface area contributed by atoms with Crippen LogP contribution < -0.4 is 0 Å². The second-order valence-electron chi connectivity index (χ2n) is 7.85. The van der Waals surface area contributed by atoms with Crippen LogP contribution in [-0.2, 0) is 4.79 Å². The number of rotatable bonds is 5. The Kier molecular flexibility index (Phi) is 6.58. The highest BCUT2D eigenvalue weighted by atomic mass is 32.2. The monoisotopic (exact) mass is 489 g/mol. The number of hydrogen-bond donors (Lipinski definition) is 1. The van der Waals surface area contributed by atoms with E-state index in [0.717, 1.165) is 16.7 Å². The Labute approximate surface area is 212 Å². The van der Waals surface area contributed by atoms with Crippen LogP contribution in [0.3, 0.4) is 0 Å². The highest BCUT2D eigenvalue weighted by molar-refractivity contribution is 8.25. The topological polar surface area (TPSA) is 61.1 Å². The third-order valence-corrected chi connectivity index (χ3v) is 8.16. The van der Waals surface area contributed by atoms with Crippen molar-refractivity contribution in [2.24, 2.45) is 0 Å². The van der Waals surface area contributed by atoms with Crippen molar-refractivity contribution in [3.63, 3.8) is 0 Å². The van der Waals surface area contributed by atoms with Crippen LogP contribution in [0.25, 0.3) is 22.8 Å². The standard InChI is InChI=1S/C30H19NO2S2/c31-19-25(29(32)33)18-20-10-12-21(13-11-20)22-14-16-24(17-15-22)28(23-6-2-1-3-7-23)30-34-26-8-4-5-9-27(26)35-30/h1-18H,(H,32,33)/b25-18-. The zero-order chi connectivity index (χ0) is 24.2. The van der Waals surface area contributed by atoms with Crippen molar-refractivity contribution in [2.45, 2.75) is 9.79 Å². The molecule has 35 heavy (non-hydrogen) atoms. The van der Waals surface area contributed by atoms with E-state index >= 15 is 0 Å². The molecule has 4 aromatic carbocycles. The van der Waals surface area contributed by atoms with Crippen molar-refractivity contribution in [3.05, 3.63) is 130 Å². The fourth-order valence-electron chi connectivity index (χ4n) is 3.86. The van der Waals surface area contributed by atoms with Gasteiger partial charge in [-0.15, -0.1) is 0 Å². The summed E-state index contributed by atoms with van der Waals surface area (Å²) in [6.45, 7) is 0. The van der Waals surface area contributed by atoms with Gasteiger partial charge >= 0.3 is 5.97 Å². The molecular formula is C30H19NO2S2. The predicted molar refractivity (Wildman–Crippen MR) is 144 cm³/mol. The third-order valence-electron chi connectivity index (χ3n) is 5.60. The molecule has 1 N–H and O–H groups in total. The molecule has 0 saturated carbocycles. The van der Waals surface area contributed by atoms with Crippen LogP contribution in [0.2, 0.25) is 0 Å². The smallest absolute Gasteiger partial charge is 0.346 e. The van der Waals surface area contributed by atoms with E-state index in [4.69, 9.17) is 10.4 Å². The summed E-state index contributed by atoms with van der Waals surface area (Å²) >= 11 is 3.63. The Balaban J connectivity index is 1.47. The molecule has 3 nitrogen and oxygen atoms in total. The minimum Gasteiger partial charge on any atom is -0.477 e. The maximum Gasteiger partial charge on any atom is 0.346 e. The van der Waals surface area contributed by atoms with Crippen LogP contribution in [0.1, 0.15) is 16.7 Å². The zero-order valence-corrected chi connectivity index (χ0v) is 20.1. The Hall–Kier alpha value is -3.98. The lowest BCUT2D eigenvalue weighted by molar-refractivity contribution is -0.132. The first-order valence-corrected chi connectivity index (χ1v) is 12.6. The molecule has 1 aliphatic rings. The Morgan fingerprint density at radius 2 is 1.23 bits per heavy atom. The van der Waals surface area contributed by atoms with E-state index in [0.29, 0.717) is 5.56 Å². The van der Waals surface area contributed by atoms with E-state index in [1.54, 1.807) is 6.07 Å². The molecule has 0 atom stereocenters. The number of hydrogen-bond acceptors (Lipinski definition) is 4. The first kappa shape index (κ1) is 22.8. The quantitative estimate of drug-likeness (QED) is 0.228. The van der Waals surface area contributed by atoms with E-state index in [1.165, 1.54) is 31.2 Å². The highest BCUT2D eigenvalue weighted by Gasteiger charge is 2.22. The first-order chi connectivity index (χ1) is 17.1. The van der Waals surface area contributed by atoms with Gasteiger partial charge in [-0.25, -0.2) is 4.79 Å². The molecule has 1 heterocycles. The van der Waals surface area contributed by atoms with Gasteiger partial charge in [0.25, 0.3) is 0 Å². The van der Waals surface area contributed by atoms with Crippen molar-refractivity contribution >= 4 is 41.1 Å². The number of aliphatic carboxylic acids is 1. The number of benzene rings is 4. The second-order valence-corrected chi connectivity index (χ2v) is 10.2. The van der Waals surface area contributed by atoms with Crippen molar-refractivity contribution < 1.29 is 9.90 Å². The highest BCUT2D eigenvalue weighted by Crippen LogP contribution is 2.54. The molecule has 0 fully saturated rings. The van der Waals surface area contributed by atoms with Crippen LogP contribution in [0.4, 0.5) is 0 Å². The molecule has 0 bridgehead atoms. The van der Waals surface area contributed by atoms with Crippen molar-refractivity contribution in [2.75, 3.05) is 0 Å². The summed E-state index contributed by atoms with van der Waals surface area (Å²) in [4.78, 5) is 13.6. The number of thioether (sulfide) groups is 2. The molecular weight excluding hydrogens is 470 g/mol. The largest absolute Gasteiger partial charge is 0.477 e. The normalized spacial score (nSPS) is 12.7. The van der Waals surface area contributed by atoms with Crippen molar-refractivity contribution in [1.82, 2.24) is 0 Å². The lowest BCUT2D eigenvalue weighted by Crippen LogP contribution is -1.97. The van der Waals surface area contributed by atoms with E-state index < -0.39 is 5.97 Å². The number of carbonyl (C=O) groups is 1. The van der Waals surface area contributed by atoms with E-state index in [-0.39, 0.29) is 5.57 Å². The minimum atomic E-state index is -1.22. The average Bonchev–Trinajstić information content (AvgIpc) is 3.32. The predicted octanol–water partition coefficient (Wildman–Crippen LogP) is 7.96. The number of carboxylic acids is 1. The van der Waals surface area contributed by atoms with Gasteiger partial charge in [-0.1, -0.05) is 115 Å². The maximum absolute atomic E-state index is 11.1. The van der Waals surface area contributed by atoms with Crippen LogP contribution in [-0.4, -0.2) is 11.1 Å². The van der Waals surface area contributed by atoms with Crippen LogP contribution in [0.15, 0.2) is 123 Å². The summed E-state index contributed by atoms with van der Waals surface area (Å²) in [5.74, 6) is -1.22. The van der Waals surface area contributed by atoms with Gasteiger partial charge in [0, 0.05) is 15.4 Å². The molecule has 0 radical (unpaired) electrons. The SMILES string of the molecule is N#C/C(=C/c1ccc(-c2ccc(C(=C3Sc4ccccc4S3)c3ccccc3)cc2)cc1)C(=O)O. The summed E-state index contributed by atoms with van der Waals surface area (Å²) in [7, 11) is 0. The Bertz CT molecular complexity index is 1470. The Morgan fingerprint density at radius 3 is 1.77 bits per heavy atom. The van der Waals surface area contributed by atoms with Gasteiger partial charge in [0.2, 0.25) is 0 Å². The molecule has 4 aromatic rings. The van der Waals surface area contributed by atoms with Crippen LogP contribution in [0, 0.1) is 11.3 Å². The first-order valence-electron chi connectivity index (χ1n) is 10.9. The Morgan fingerprint density at radius 1 is 0.714 bits per heavy atom. The summed E-state index contributed by atoms with van der Waals surface area (Å²) in [5.41, 5.74) is 6.04. The molecule has 0 saturated heterocycles. The number of nitrogens with zero attached hydrogens (tertiary/aromatic N) is 1. The molecule has 0 spiro atoms. The lowest BCUT2D eigenvalue weighted by atomic mass is 9.96. The van der Waals surface area contributed by atoms with Crippen molar-refractivity contribution in [3.8, 4) is 17.2 Å². The molecule has 5 heteroatoms. The fourth-order valence-corrected chi connectivity index (χ4v) is 6.52. The van der Waals surface area contributed by atoms with Crippen LogP contribution in [0.5, 0.6) is 0 Å². The van der Waals surface area contributed by atoms with Gasteiger partial charge in [-0.05, 0) is 46.0 Å². The van der Waals surface area contributed by atoms with E-state index in [9.17, 15) is 4.79 Å². The number of carboxylic acid groups (broad SMARTS) is 1. The summed E-state index contributed by atoms with van der Waals surface area (Å²) in [6, 6.07) is 36.7. The fraction of sp³-hybridized carbons (Fsp3) is 0. The van der Waals surface area contributed by atoms with Gasteiger partial charge < -0.3 is 5.11 Å². The molecule has 5 rings (SSSR count).